The van der Waals surface area contributed by atoms with Gasteiger partial charge in [0, 0.05) is 49.0 Å². The third kappa shape index (κ3) is 3.93. The van der Waals surface area contributed by atoms with Gasteiger partial charge in [-0.25, -0.2) is 4.79 Å². The highest BCUT2D eigenvalue weighted by Gasteiger charge is 3.05. The molecule has 1 N–H and O–H groups in total. The Hall–Kier alpha value is -3.57. The Bertz CT molecular complexity index is 1900. The van der Waals surface area contributed by atoms with Crippen LogP contribution in [0.5, 0.6) is 0 Å². The van der Waals surface area contributed by atoms with E-state index in [0.717, 1.165) is 0 Å². The number of carbonyl (C=O) groups excluding carboxylic acids is 5. The lowest BCUT2D eigenvalue weighted by atomic mass is 9.33. The number of hydrogen-bond acceptors (Lipinski definition) is 16. The molecule has 1 aromatic heterocycles. The highest BCUT2D eigenvalue weighted by molar-refractivity contribution is 5.83. The highest BCUT2D eigenvalue weighted by atomic mass is 16.9. The molecule has 55 heavy (non-hydrogen) atoms. The van der Waals surface area contributed by atoms with Gasteiger partial charge in [0.2, 0.25) is 0 Å². The molecule has 15 atom stereocenters. The molecule has 1 aromatic rings. The molecule has 300 valence electrons. The summed E-state index contributed by atoms with van der Waals surface area (Å²) in [4.78, 5) is 68.2. The van der Waals surface area contributed by atoms with Gasteiger partial charge in [-0.3, -0.25) is 19.2 Å². The van der Waals surface area contributed by atoms with Crippen LogP contribution in [0.3, 0.4) is 0 Å². The van der Waals surface area contributed by atoms with Crippen molar-refractivity contribution >= 4 is 29.8 Å². The van der Waals surface area contributed by atoms with Crippen LogP contribution in [-0.2, 0) is 66.6 Å². The second kappa shape index (κ2) is 10.9. The van der Waals surface area contributed by atoms with Gasteiger partial charge in [0.15, 0.2) is 17.3 Å². The normalized spacial score (nSPS) is 51.0. The molecule has 3 spiro atoms. The van der Waals surface area contributed by atoms with Gasteiger partial charge < -0.3 is 52.2 Å². The molecule has 4 aliphatic carbocycles. The minimum atomic E-state index is -2.40. The Morgan fingerprint density at radius 3 is 2.33 bits per heavy atom. The van der Waals surface area contributed by atoms with Crippen molar-refractivity contribution in [3.63, 3.8) is 0 Å². The first-order valence-corrected chi connectivity index (χ1v) is 19.1. The number of furan rings is 1. The molecular formula is C39H48O16. The molecule has 8 aliphatic rings. The van der Waals surface area contributed by atoms with E-state index in [1.54, 1.807) is 33.8 Å². The number of cyclic esters (lactones) is 1. The predicted molar refractivity (Wildman–Crippen MR) is 179 cm³/mol. The molecule has 8 fully saturated rings. The van der Waals surface area contributed by atoms with Gasteiger partial charge in [-0.15, -0.1) is 0 Å². The zero-order valence-electron chi connectivity index (χ0n) is 32.2. The Morgan fingerprint density at radius 1 is 1.00 bits per heavy atom. The summed E-state index contributed by atoms with van der Waals surface area (Å²) < 4.78 is 63.0. The summed E-state index contributed by atoms with van der Waals surface area (Å²) in [6.07, 6.45) is -2.12. The standard InChI is InChI=1S/C39H48O16/c1-9-24(41)50-29-38(45)28(51-30(44)33(6)19(2)52-33)32(5)17-37(38)35(18-48-26(43)14-22(32)35)36-12-11-31(4,27(49-20(3)40)21-10-13-47-16-21)23(15-25(42)46-8)39(29,36)55-34(7,53-36)54-37/h10,13,16,19,22-23,27-29,45H,9,11-12,14-15,17-18H2,1-8H3/t19-,22+,23-,27+,28+,29-,31-,32+,33+,34?,35+,36+,37-,38+,39-/m1/s1. The van der Waals surface area contributed by atoms with Gasteiger partial charge in [0.05, 0.1) is 37.6 Å². The minimum Gasteiger partial charge on any atom is -0.472 e. The van der Waals surface area contributed by atoms with Crippen molar-refractivity contribution in [3.05, 3.63) is 24.2 Å². The Balaban J connectivity index is 1.36. The summed E-state index contributed by atoms with van der Waals surface area (Å²) in [5, 5.41) is 14.1. The number of epoxide rings is 1. The zero-order valence-corrected chi connectivity index (χ0v) is 32.2. The summed E-state index contributed by atoms with van der Waals surface area (Å²) >= 11 is 0. The highest BCUT2D eigenvalue weighted by Crippen LogP contribution is 2.90. The molecule has 4 aliphatic heterocycles. The minimum absolute atomic E-state index is 0.0488. The average Bonchev–Trinajstić information content (AvgIpc) is 3.47. The fourth-order valence-corrected chi connectivity index (χ4v) is 13.3. The van der Waals surface area contributed by atoms with Crippen molar-refractivity contribution in [2.24, 2.45) is 28.1 Å². The molecule has 4 bridgehead atoms. The first-order valence-electron chi connectivity index (χ1n) is 19.1. The first kappa shape index (κ1) is 37.0. The molecule has 9 rings (SSSR count). The molecule has 0 amide bonds. The molecule has 4 saturated carbocycles. The number of carbonyl (C=O) groups is 5. The SMILES string of the molecule is CCC(=O)O[C@@H]1[C@@]2(O)[C@@H](OC(=O)[C@@]3(C)O[C@@H]3C)[C@@]3(C)C[C@]24OC2(C)O[C@]15[C@H](CC(=O)OC)[C@](C)([C@@H](OC(C)=O)c1ccoc1)CC[C@]5(O2)[C@@]41COC(=O)C[C@@H]31. The summed E-state index contributed by atoms with van der Waals surface area (Å²) in [5.41, 5.74) is -12.4. The fraction of sp³-hybridized carbons (Fsp3) is 0.769. The van der Waals surface area contributed by atoms with E-state index in [1.165, 1.54) is 26.6 Å². The van der Waals surface area contributed by atoms with Crippen LogP contribution in [-0.4, -0.2) is 101 Å². The van der Waals surface area contributed by atoms with Crippen molar-refractivity contribution in [1.82, 2.24) is 0 Å². The lowest BCUT2D eigenvalue weighted by Gasteiger charge is -2.77. The number of aliphatic hydroxyl groups is 1. The maximum atomic E-state index is 14.1. The number of methoxy groups -OCH3 is 1. The van der Waals surface area contributed by atoms with Gasteiger partial charge >= 0.3 is 29.8 Å². The number of hydrogen-bond donors (Lipinski definition) is 1. The topological polar surface area (TPSA) is 205 Å². The lowest BCUT2D eigenvalue weighted by molar-refractivity contribution is -0.486. The van der Waals surface area contributed by atoms with Crippen molar-refractivity contribution in [2.75, 3.05) is 13.7 Å². The van der Waals surface area contributed by atoms with E-state index in [2.05, 4.69) is 0 Å². The molecule has 0 aromatic carbocycles. The summed E-state index contributed by atoms with van der Waals surface area (Å²) in [5.74, 6) is -7.04. The number of fused-ring (bicyclic) bond motifs is 3. The van der Waals surface area contributed by atoms with Gasteiger partial charge in [0.25, 0.3) is 5.97 Å². The summed E-state index contributed by atoms with van der Waals surface area (Å²) in [6.45, 7) is 11.2. The van der Waals surface area contributed by atoms with Crippen LogP contribution in [0.4, 0.5) is 0 Å². The molecule has 16 heteroatoms. The van der Waals surface area contributed by atoms with Gasteiger partial charge in [0.1, 0.15) is 35.6 Å². The smallest absolute Gasteiger partial charge is 0.341 e. The van der Waals surface area contributed by atoms with Gasteiger partial charge in [-0.1, -0.05) is 20.8 Å². The van der Waals surface area contributed by atoms with E-state index < -0.39 is 123 Å². The molecule has 0 radical (unpaired) electrons. The Morgan fingerprint density at radius 2 is 1.71 bits per heavy atom. The molecule has 16 nitrogen and oxygen atoms in total. The van der Waals surface area contributed by atoms with Crippen LogP contribution in [0, 0.1) is 28.1 Å². The molecule has 5 heterocycles. The Kier molecular flexibility index (Phi) is 7.32. The monoisotopic (exact) mass is 772 g/mol. The van der Waals surface area contributed by atoms with Crippen LogP contribution in [0.25, 0.3) is 0 Å². The summed E-state index contributed by atoms with van der Waals surface area (Å²) in [7, 11) is 1.24. The third-order valence-corrected chi connectivity index (χ3v) is 15.4. The van der Waals surface area contributed by atoms with E-state index >= 15 is 0 Å². The second-order valence-corrected chi connectivity index (χ2v) is 17.8. The zero-order chi connectivity index (χ0) is 39.6. The van der Waals surface area contributed by atoms with E-state index in [1.807, 2.05) is 13.8 Å². The molecule has 1 unspecified atom stereocenters. The van der Waals surface area contributed by atoms with Gasteiger partial charge in [-0.05, 0) is 45.1 Å². The maximum Gasteiger partial charge on any atom is 0.341 e. The largest absolute Gasteiger partial charge is 0.472 e. The summed E-state index contributed by atoms with van der Waals surface area (Å²) in [6, 6.07) is 1.65. The van der Waals surface area contributed by atoms with Crippen molar-refractivity contribution in [3.8, 4) is 0 Å². The third-order valence-electron chi connectivity index (χ3n) is 15.4. The van der Waals surface area contributed by atoms with E-state index in [-0.39, 0.29) is 38.7 Å². The lowest BCUT2D eigenvalue weighted by Crippen LogP contribution is -2.95. The van der Waals surface area contributed by atoms with E-state index in [9.17, 15) is 29.1 Å². The van der Waals surface area contributed by atoms with Crippen LogP contribution >= 0.6 is 0 Å². The first-order chi connectivity index (χ1) is 25.7. The number of rotatable bonds is 9. The van der Waals surface area contributed by atoms with Gasteiger partial charge in [-0.2, -0.15) is 0 Å². The molecular weight excluding hydrogens is 724 g/mol. The van der Waals surface area contributed by atoms with E-state index in [0.29, 0.717) is 5.56 Å². The van der Waals surface area contributed by atoms with Crippen LogP contribution in [0.2, 0.25) is 0 Å². The second-order valence-electron chi connectivity index (χ2n) is 17.8. The van der Waals surface area contributed by atoms with Crippen LogP contribution < -0.4 is 0 Å². The van der Waals surface area contributed by atoms with Crippen LogP contribution in [0.1, 0.15) is 98.7 Å². The quantitative estimate of drug-likeness (QED) is 0.218. The predicted octanol–water partition coefficient (Wildman–Crippen LogP) is 2.96. The number of esters is 5. The van der Waals surface area contributed by atoms with E-state index in [4.69, 9.17) is 47.0 Å². The number of ether oxygens (including phenoxy) is 9. The van der Waals surface area contributed by atoms with Crippen molar-refractivity contribution < 1.29 is 76.1 Å². The van der Waals surface area contributed by atoms with Crippen LogP contribution in [0.15, 0.2) is 23.0 Å². The Labute approximate surface area is 317 Å². The fourth-order valence-electron chi connectivity index (χ4n) is 13.3. The average molecular weight is 773 g/mol. The maximum absolute atomic E-state index is 14.1. The van der Waals surface area contributed by atoms with Crippen molar-refractivity contribution in [1.29, 1.82) is 0 Å². The van der Waals surface area contributed by atoms with Crippen molar-refractivity contribution in [2.45, 2.75) is 145 Å². The molecule has 4 saturated heterocycles.